The molecule has 9 N–H and O–H groups in total. The number of aliphatic hydroxyl groups is 2. The zero-order chi connectivity index (χ0) is 43.5. The van der Waals surface area contributed by atoms with Crippen LogP contribution in [0, 0.1) is 5.92 Å². The van der Waals surface area contributed by atoms with E-state index in [1.165, 1.54) is 13.2 Å². The molecule has 1 fully saturated rings. The van der Waals surface area contributed by atoms with Gasteiger partial charge in [-0.1, -0.05) is 51.3 Å². The Labute approximate surface area is 338 Å². The number of nitrogens with one attached hydrogen (secondary N) is 5. The molecule has 0 aromatic rings. The standard InChI is InChI=1S/C39H61N5O14/c1-26(2)33-36(53)42-27(19-22-45)34(51)43-28(24-46)37(54)58-25-29(35(52)44-33)41-31(48)18-21-40-30(47)17-15-13-11-9-7-5-4-6-8-10-12-14-16-20-39(57-3,38(55)56)23-32(49)50/h8,10,15,17-18,21,26-29,33,45-46H,4-7,9,11-14,16,19-20,22-25H2,1-3H3,(H,40,47)(H,41,48)(H,42,53)(H,43,51)(H,44,52)(H,49,50)(H,55,56)/b10-8-,17-15-,21-18+/t27-,28-,29-,33+,39?/m0/s1. The van der Waals surface area contributed by atoms with Crippen molar-refractivity contribution < 1.29 is 68.3 Å². The van der Waals surface area contributed by atoms with Crippen LogP contribution in [-0.2, 0) is 47.8 Å². The van der Waals surface area contributed by atoms with E-state index in [1.807, 2.05) is 6.08 Å². The summed E-state index contributed by atoms with van der Waals surface area (Å²) in [4.78, 5) is 99.0. The zero-order valence-corrected chi connectivity index (χ0v) is 33.5. The minimum atomic E-state index is -1.70. The average molecular weight is 824 g/mol. The molecule has 5 amide bonds. The van der Waals surface area contributed by atoms with E-state index in [2.05, 4.69) is 32.7 Å². The molecule has 0 aromatic heterocycles. The van der Waals surface area contributed by atoms with E-state index in [-0.39, 0.29) is 12.8 Å². The number of hydrogen-bond donors (Lipinski definition) is 9. The third-order valence-electron chi connectivity index (χ3n) is 9.16. The van der Waals surface area contributed by atoms with E-state index in [0.29, 0.717) is 12.8 Å². The van der Waals surface area contributed by atoms with Gasteiger partial charge < -0.3 is 56.5 Å². The van der Waals surface area contributed by atoms with Gasteiger partial charge in [0.25, 0.3) is 0 Å². The van der Waals surface area contributed by atoms with E-state index >= 15 is 0 Å². The molecule has 19 heteroatoms. The molecule has 0 spiro atoms. The number of rotatable bonds is 25. The molecule has 0 aliphatic carbocycles. The topological polar surface area (TPSA) is 296 Å². The predicted molar refractivity (Wildman–Crippen MR) is 208 cm³/mol. The lowest BCUT2D eigenvalue weighted by Crippen LogP contribution is -2.59. The molecule has 19 nitrogen and oxygen atoms in total. The van der Waals surface area contributed by atoms with E-state index in [0.717, 1.165) is 63.6 Å². The fourth-order valence-electron chi connectivity index (χ4n) is 5.75. The second-order valence-corrected chi connectivity index (χ2v) is 14.1. The second-order valence-electron chi connectivity index (χ2n) is 14.1. The molecule has 1 aliphatic rings. The molecule has 1 saturated heterocycles. The summed E-state index contributed by atoms with van der Waals surface area (Å²) in [5.41, 5.74) is -1.70. The fraction of sp³-hybridized carbons (Fsp3) is 0.641. The molecule has 1 heterocycles. The maximum atomic E-state index is 13.2. The third-order valence-corrected chi connectivity index (χ3v) is 9.16. The van der Waals surface area contributed by atoms with Gasteiger partial charge in [0.05, 0.1) is 13.0 Å². The van der Waals surface area contributed by atoms with Crippen LogP contribution in [0.25, 0.3) is 0 Å². The number of unbranched alkanes of at least 4 members (excludes halogenated alkanes) is 8. The molecule has 1 unspecified atom stereocenters. The van der Waals surface area contributed by atoms with E-state index < -0.39 is 109 Å². The number of hydrogen-bond acceptors (Lipinski definition) is 12. The highest BCUT2D eigenvalue weighted by atomic mass is 16.5. The highest BCUT2D eigenvalue weighted by Crippen LogP contribution is 2.24. The number of cyclic esters (lactones) is 1. The smallest absolute Gasteiger partial charge is 0.336 e. The predicted octanol–water partition coefficient (Wildman–Crippen LogP) is 0.491. The van der Waals surface area contributed by atoms with Gasteiger partial charge in [0.2, 0.25) is 29.5 Å². The maximum absolute atomic E-state index is 13.2. The van der Waals surface area contributed by atoms with Crippen LogP contribution in [0.4, 0.5) is 0 Å². The van der Waals surface area contributed by atoms with Crippen molar-refractivity contribution >= 4 is 47.4 Å². The van der Waals surface area contributed by atoms with Crippen LogP contribution in [-0.4, -0.2) is 125 Å². The van der Waals surface area contributed by atoms with Crippen molar-refractivity contribution in [2.45, 2.75) is 127 Å². The number of allylic oxidation sites excluding steroid dienone is 3. The number of aliphatic hydroxyl groups excluding tert-OH is 2. The molecule has 0 bridgehead atoms. The largest absolute Gasteiger partial charge is 0.481 e. The highest BCUT2D eigenvalue weighted by molar-refractivity contribution is 5.97. The zero-order valence-electron chi connectivity index (χ0n) is 33.5. The van der Waals surface area contributed by atoms with Crippen LogP contribution < -0.4 is 26.6 Å². The minimum absolute atomic E-state index is 0.124. The van der Waals surface area contributed by atoms with Crippen LogP contribution in [0.3, 0.4) is 0 Å². The first-order valence-corrected chi connectivity index (χ1v) is 19.5. The van der Waals surface area contributed by atoms with Crippen LogP contribution in [0.1, 0.15) is 97.3 Å². The van der Waals surface area contributed by atoms with Crippen molar-refractivity contribution in [1.82, 2.24) is 26.6 Å². The molecule has 1 rings (SSSR count). The van der Waals surface area contributed by atoms with Crippen LogP contribution in [0.2, 0.25) is 0 Å². The Balaban J connectivity index is 2.49. The quantitative estimate of drug-likeness (QED) is 0.0262. The van der Waals surface area contributed by atoms with E-state index in [9.17, 15) is 53.7 Å². The fourth-order valence-corrected chi connectivity index (χ4v) is 5.75. The van der Waals surface area contributed by atoms with Crippen molar-refractivity contribution in [2.24, 2.45) is 5.92 Å². The lowest BCUT2D eigenvalue weighted by Gasteiger charge is -2.26. The number of carbonyl (C=O) groups excluding carboxylic acids is 6. The Morgan fingerprint density at radius 2 is 1.41 bits per heavy atom. The Morgan fingerprint density at radius 3 is 1.98 bits per heavy atom. The molecule has 0 radical (unpaired) electrons. The summed E-state index contributed by atoms with van der Waals surface area (Å²) in [6.07, 6.45) is 17.0. The van der Waals surface area contributed by atoms with Gasteiger partial charge in [-0.3, -0.25) is 28.8 Å². The summed E-state index contributed by atoms with van der Waals surface area (Å²) in [5, 5.41) is 49.4. The first-order valence-electron chi connectivity index (χ1n) is 19.5. The Kier molecular flexibility index (Phi) is 24.8. The van der Waals surface area contributed by atoms with Gasteiger partial charge in [-0.15, -0.1) is 0 Å². The lowest BCUT2D eigenvalue weighted by molar-refractivity contribution is -0.170. The summed E-state index contributed by atoms with van der Waals surface area (Å²) < 4.78 is 10.2. The minimum Gasteiger partial charge on any atom is -0.481 e. The van der Waals surface area contributed by atoms with Crippen LogP contribution in [0.15, 0.2) is 36.6 Å². The number of amides is 5. The number of carbonyl (C=O) groups is 8. The van der Waals surface area contributed by atoms with Gasteiger partial charge in [-0.25, -0.2) is 9.59 Å². The molecular formula is C39H61N5O14. The Hall–Kier alpha value is -5.14. The molecule has 326 valence electrons. The summed E-state index contributed by atoms with van der Waals surface area (Å²) in [5.74, 6) is -7.95. The molecule has 1 aliphatic heterocycles. The SMILES string of the molecule is COC(CCCC/C=C\CCCCCCC/C=C\C(=O)N/C=C/C(=O)N[C@H]1COC(=O)[C@H](CO)NC(=O)[C@H](CCO)NC(=O)[C@@H](C(C)C)NC1=O)(CC(=O)O)C(=O)O. The van der Waals surface area contributed by atoms with Crippen molar-refractivity contribution in [1.29, 1.82) is 0 Å². The van der Waals surface area contributed by atoms with Crippen molar-refractivity contribution in [3.63, 3.8) is 0 Å². The van der Waals surface area contributed by atoms with Crippen molar-refractivity contribution in [2.75, 3.05) is 26.9 Å². The average Bonchev–Trinajstić information content (AvgIpc) is 3.17. The summed E-state index contributed by atoms with van der Waals surface area (Å²) >= 11 is 0. The van der Waals surface area contributed by atoms with Gasteiger partial charge in [-0.05, 0) is 69.8 Å². The van der Waals surface area contributed by atoms with Crippen LogP contribution >= 0.6 is 0 Å². The number of ether oxygens (including phenoxy) is 2. The van der Waals surface area contributed by atoms with E-state index in [4.69, 9.17) is 14.6 Å². The molecular weight excluding hydrogens is 762 g/mol. The summed E-state index contributed by atoms with van der Waals surface area (Å²) in [6, 6.07) is -5.54. The lowest BCUT2D eigenvalue weighted by atomic mass is 9.92. The number of esters is 1. The molecule has 58 heavy (non-hydrogen) atoms. The van der Waals surface area contributed by atoms with Crippen molar-refractivity contribution in [3.05, 3.63) is 36.6 Å². The summed E-state index contributed by atoms with van der Waals surface area (Å²) in [6.45, 7) is 1.18. The van der Waals surface area contributed by atoms with E-state index in [1.54, 1.807) is 19.9 Å². The first kappa shape index (κ1) is 50.9. The van der Waals surface area contributed by atoms with Gasteiger partial charge >= 0.3 is 17.9 Å². The Bertz CT molecular complexity index is 1470. The monoisotopic (exact) mass is 823 g/mol. The number of aliphatic carboxylic acids is 2. The first-order chi connectivity index (χ1) is 27.6. The molecule has 5 atom stereocenters. The highest BCUT2D eigenvalue weighted by Gasteiger charge is 2.40. The van der Waals surface area contributed by atoms with Gasteiger partial charge in [0, 0.05) is 26.0 Å². The normalized spacial score (nSPS) is 20.7. The summed E-state index contributed by atoms with van der Waals surface area (Å²) in [7, 11) is 1.21. The molecule has 0 aromatic carbocycles. The van der Waals surface area contributed by atoms with Crippen molar-refractivity contribution in [3.8, 4) is 0 Å². The number of carboxylic acids is 2. The Morgan fingerprint density at radius 1 is 0.810 bits per heavy atom. The second kappa shape index (κ2) is 28.3. The van der Waals surface area contributed by atoms with Gasteiger partial charge in [0.15, 0.2) is 11.6 Å². The van der Waals surface area contributed by atoms with Gasteiger partial charge in [-0.2, -0.15) is 0 Å². The number of methoxy groups -OCH3 is 1. The maximum Gasteiger partial charge on any atom is 0.336 e. The van der Waals surface area contributed by atoms with Crippen LogP contribution in [0.5, 0.6) is 0 Å². The molecule has 0 saturated carbocycles. The third kappa shape index (κ3) is 19.8. The number of carboxylic acid groups (broad SMARTS) is 2. The van der Waals surface area contributed by atoms with Gasteiger partial charge in [0.1, 0.15) is 24.7 Å².